The monoisotopic (exact) mass is 278 g/mol. The summed E-state index contributed by atoms with van der Waals surface area (Å²) in [6, 6.07) is 0. The molecule has 0 aliphatic heterocycles. The lowest BCUT2D eigenvalue weighted by atomic mass is 10.0. The number of nitrogens with zero attached hydrogens (tertiary/aromatic N) is 2. The Hall–Kier alpha value is -1.98. The number of fused-ring (bicyclic) bond motifs is 1. The Kier molecular flexibility index (Phi) is 4.32. The normalized spacial score (nSPS) is 14.3. The van der Waals surface area contributed by atoms with Gasteiger partial charge in [-0.15, -0.1) is 0 Å². The van der Waals surface area contributed by atoms with E-state index in [0.717, 1.165) is 31.4 Å². The van der Waals surface area contributed by atoms with E-state index in [4.69, 9.17) is 4.74 Å². The lowest BCUT2D eigenvalue weighted by molar-refractivity contribution is -0.386. The number of ether oxygens (including phenoxy) is 1. The van der Waals surface area contributed by atoms with Crippen molar-refractivity contribution in [3.05, 3.63) is 32.6 Å². The summed E-state index contributed by atoms with van der Waals surface area (Å²) in [6.07, 6.45) is 4.24. The van der Waals surface area contributed by atoms with Gasteiger partial charge in [-0.2, -0.15) is 0 Å². The van der Waals surface area contributed by atoms with Crippen LogP contribution in [0, 0.1) is 17.0 Å². The minimum atomic E-state index is -0.656. The van der Waals surface area contributed by atoms with Gasteiger partial charge in [0.25, 0.3) is 5.69 Å². The molecule has 1 aromatic rings. The zero-order valence-electron chi connectivity index (χ0n) is 11.8. The standard InChI is InChI=1S/C14H18N2O4/c1-3-20-14(17)12-9(2)15-11-8-6-4-5-7-10(11)13(12)16(18)19/h3-8H2,1-2H3. The maximum Gasteiger partial charge on any atom is 0.347 e. The van der Waals surface area contributed by atoms with Crippen LogP contribution in [-0.2, 0) is 17.6 Å². The fourth-order valence-electron chi connectivity index (χ4n) is 2.67. The third-order valence-corrected chi connectivity index (χ3v) is 3.54. The Morgan fingerprint density at radius 1 is 1.35 bits per heavy atom. The number of pyridine rings is 1. The van der Waals surface area contributed by atoms with Crippen LogP contribution in [-0.4, -0.2) is 22.5 Å². The highest BCUT2D eigenvalue weighted by Crippen LogP contribution is 2.32. The van der Waals surface area contributed by atoms with E-state index in [1.807, 2.05) is 0 Å². The molecule has 108 valence electrons. The maximum atomic E-state index is 12.0. The number of rotatable bonds is 3. The van der Waals surface area contributed by atoms with Crippen LogP contribution in [0.1, 0.15) is 53.5 Å². The molecule has 0 N–H and O–H groups in total. The molecule has 20 heavy (non-hydrogen) atoms. The second kappa shape index (κ2) is 5.98. The summed E-state index contributed by atoms with van der Waals surface area (Å²) < 4.78 is 4.94. The van der Waals surface area contributed by atoms with Gasteiger partial charge >= 0.3 is 5.97 Å². The average Bonchev–Trinajstić information content (AvgIpc) is 2.61. The third kappa shape index (κ3) is 2.64. The first-order chi connectivity index (χ1) is 9.56. The zero-order valence-corrected chi connectivity index (χ0v) is 11.8. The van der Waals surface area contributed by atoms with Crippen LogP contribution >= 0.6 is 0 Å². The molecule has 1 aromatic heterocycles. The lowest BCUT2D eigenvalue weighted by Gasteiger charge is -2.12. The number of carbonyl (C=O) groups is 1. The average molecular weight is 278 g/mol. The number of carbonyl (C=O) groups excluding carboxylic acids is 1. The quantitative estimate of drug-likeness (QED) is 0.367. The van der Waals surface area contributed by atoms with Crippen molar-refractivity contribution in [2.45, 2.75) is 46.0 Å². The topological polar surface area (TPSA) is 82.3 Å². The number of hydrogen-bond acceptors (Lipinski definition) is 5. The van der Waals surface area contributed by atoms with Gasteiger partial charge in [0.2, 0.25) is 0 Å². The van der Waals surface area contributed by atoms with Gasteiger partial charge in [-0.05, 0) is 39.5 Å². The van der Waals surface area contributed by atoms with E-state index < -0.39 is 10.9 Å². The largest absolute Gasteiger partial charge is 0.462 e. The van der Waals surface area contributed by atoms with Gasteiger partial charge in [0.15, 0.2) is 5.56 Å². The summed E-state index contributed by atoms with van der Waals surface area (Å²) in [6.45, 7) is 3.49. The first-order valence-electron chi connectivity index (χ1n) is 6.90. The minimum Gasteiger partial charge on any atom is -0.462 e. The highest BCUT2D eigenvalue weighted by molar-refractivity contribution is 5.95. The van der Waals surface area contributed by atoms with E-state index in [2.05, 4.69) is 4.98 Å². The summed E-state index contributed by atoms with van der Waals surface area (Å²) in [5, 5.41) is 11.4. The van der Waals surface area contributed by atoms with Gasteiger partial charge in [-0.3, -0.25) is 15.1 Å². The number of esters is 1. The number of nitro groups is 1. The van der Waals surface area contributed by atoms with Crippen molar-refractivity contribution < 1.29 is 14.5 Å². The minimum absolute atomic E-state index is 0.0116. The van der Waals surface area contributed by atoms with Gasteiger partial charge in [-0.25, -0.2) is 4.79 Å². The van der Waals surface area contributed by atoms with E-state index >= 15 is 0 Å². The number of aromatic nitrogens is 1. The summed E-state index contributed by atoms with van der Waals surface area (Å²) in [5.74, 6) is -0.656. The van der Waals surface area contributed by atoms with Crippen LogP contribution in [0.15, 0.2) is 0 Å². The smallest absolute Gasteiger partial charge is 0.347 e. The van der Waals surface area contributed by atoms with Gasteiger partial charge in [0, 0.05) is 0 Å². The van der Waals surface area contributed by atoms with Crippen molar-refractivity contribution in [2.24, 2.45) is 0 Å². The Morgan fingerprint density at radius 2 is 2.05 bits per heavy atom. The Bertz CT molecular complexity index is 555. The predicted molar refractivity (Wildman–Crippen MR) is 72.8 cm³/mol. The molecule has 0 bridgehead atoms. The van der Waals surface area contributed by atoms with Crippen LogP contribution < -0.4 is 0 Å². The van der Waals surface area contributed by atoms with Crippen molar-refractivity contribution >= 4 is 11.7 Å². The van der Waals surface area contributed by atoms with Gasteiger partial charge < -0.3 is 4.74 Å². The molecule has 1 aliphatic carbocycles. The van der Waals surface area contributed by atoms with E-state index in [9.17, 15) is 14.9 Å². The van der Waals surface area contributed by atoms with Gasteiger partial charge in [-0.1, -0.05) is 6.42 Å². The molecule has 0 saturated carbocycles. The van der Waals surface area contributed by atoms with E-state index in [0.29, 0.717) is 17.7 Å². The van der Waals surface area contributed by atoms with Crippen LogP contribution in [0.2, 0.25) is 0 Å². The molecule has 6 nitrogen and oxygen atoms in total. The van der Waals surface area contributed by atoms with Crippen LogP contribution in [0.3, 0.4) is 0 Å². The SMILES string of the molecule is CCOC(=O)c1c(C)nc2c(c1[N+](=O)[O-])CCCCC2. The fourth-order valence-corrected chi connectivity index (χ4v) is 2.67. The first-order valence-corrected chi connectivity index (χ1v) is 6.90. The first kappa shape index (κ1) is 14.4. The molecule has 0 unspecified atom stereocenters. The van der Waals surface area contributed by atoms with E-state index in [-0.39, 0.29) is 17.9 Å². The summed E-state index contributed by atoms with van der Waals surface area (Å²) in [4.78, 5) is 27.4. The zero-order chi connectivity index (χ0) is 14.7. The molecule has 0 atom stereocenters. The second-order valence-electron chi connectivity index (χ2n) is 4.88. The third-order valence-electron chi connectivity index (χ3n) is 3.54. The van der Waals surface area contributed by atoms with Crippen molar-refractivity contribution in [3.63, 3.8) is 0 Å². The van der Waals surface area contributed by atoms with Crippen LogP contribution in [0.25, 0.3) is 0 Å². The van der Waals surface area contributed by atoms with Crippen LogP contribution in [0.5, 0.6) is 0 Å². The van der Waals surface area contributed by atoms with E-state index in [1.165, 1.54) is 0 Å². The molecule has 0 radical (unpaired) electrons. The van der Waals surface area contributed by atoms with Crippen molar-refractivity contribution in [1.29, 1.82) is 0 Å². The summed E-state index contributed by atoms with van der Waals surface area (Å²) >= 11 is 0. The molecule has 0 fully saturated rings. The van der Waals surface area contributed by atoms with E-state index in [1.54, 1.807) is 13.8 Å². The molecular formula is C14H18N2O4. The van der Waals surface area contributed by atoms with Gasteiger partial charge in [0.05, 0.1) is 28.5 Å². The fraction of sp³-hybridized carbons (Fsp3) is 0.571. The number of hydrogen-bond donors (Lipinski definition) is 0. The molecular weight excluding hydrogens is 260 g/mol. The molecule has 1 aliphatic rings. The molecule has 0 saturated heterocycles. The molecule has 2 rings (SSSR count). The molecule has 1 heterocycles. The molecule has 0 aromatic carbocycles. The van der Waals surface area contributed by atoms with Crippen molar-refractivity contribution in [1.82, 2.24) is 4.98 Å². The number of aryl methyl sites for hydroxylation is 2. The Labute approximate surface area is 117 Å². The second-order valence-corrected chi connectivity index (χ2v) is 4.88. The lowest BCUT2D eigenvalue weighted by Crippen LogP contribution is -2.15. The predicted octanol–water partition coefficient (Wildman–Crippen LogP) is 2.74. The Morgan fingerprint density at radius 3 is 2.70 bits per heavy atom. The summed E-state index contributed by atoms with van der Waals surface area (Å²) in [7, 11) is 0. The maximum absolute atomic E-state index is 12.0. The highest BCUT2D eigenvalue weighted by Gasteiger charge is 2.31. The highest BCUT2D eigenvalue weighted by atomic mass is 16.6. The molecule has 6 heteroatoms. The molecule has 0 spiro atoms. The Balaban J connectivity index is 2.64. The van der Waals surface area contributed by atoms with Crippen LogP contribution in [0.4, 0.5) is 5.69 Å². The van der Waals surface area contributed by atoms with Crippen molar-refractivity contribution in [2.75, 3.05) is 6.61 Å². The van der Waals surface area contributed by atoms with Gasteiger partial charge in [0.1, 0.15) is 0 Å². The summed E-state index contributed by atoms with van der Waals surface area (Å²) in [5.41, 5.74) is 1.67. The molecule has 0 amide bonds. The van der Waals surface area contributed by atoms with Crippen molar-refractivity contribution in [3.8, 4) is 0 Å².